The summed E-state index contributed by atoms with van der Waals surface area (Å²) in [6, 6.07) is 5.74. The van der Waals surface area contributed by atoms with Gasteiger partial charge in [0.25, 0.3) is 5.91 Å². The highest BCUT2D eigenvalue weighted by Gasteiger charge is 2.36. The number of nitrogens with zero attached hydrogens (tertiary/aromatic N) is 2. The highest BCUT2D eigenvalue weighted by Crippen LogP contribution is 2.38. The van der Waals surface area contributed by atoms with Gasteiger partial charge in [-0.25, -0.2) is 0 Å². The molecule has 1 aliphatic heterocycles. The van der Waals surface area contributed by atoms with E-state index in [2.05, 4.69) is 16.8 Å². The molecule has 0 unspecified atom stereocenters. The van der Waals surface area contributed by atoms with Gasteiger partial charge in [-0.2, -0.15) is 0 Å². The molecule has 138 valence electrons. The van der Waals surface area contributed by atoms with E-state index in [0.29, 0.717) is 31.3 Å². The second-order valence-corrected chi connectivity index (χ2v) is 7.34. The van der Waals surface area contributed by atoms with Crippen LogP contribution in [0.5, 0.6) is 0 Å². The van der Waals surface area contributed by atoms with E-state index in [1.165, 1.54) is 12.8 Å². The third-order valence-electron chi connectivity index (χ3n) is 5.46. The summed E-state index contributed by atoms with van der Waals surface area (Å²) in [5.74, 6) is 0.575. The molecule has 1 N–H and O–H groups in total. The minimum atomic E-state index is -0.401. The van der Waals surface area contributed by atoms with Crippen LogP contribution in [0.25, 0.3) is 0 Å². The molecule has 0 radical (unpaired) electrons. The molecule has 0 spiro atoms. The summed E-state index contributed by atoms with van der Waals surface area (Å²) in [6.45, 7) is 5.05. The molecular weight excluding hydrogens is 330 g/mol. The van der Waals surface area contributed by atoms with Crippen LogP contribution < -0.4 is 5.32 Å². The fraction of sp³-hybridized carbons (Fsp3) is 0.500. The minimum Gasteiger partial charge on any atom is -0.467 e. The van der Waals surface area contributed by atoms with Gasteiger partial charge < -0.3 is 19.2 Å². The highest BCUT2D eigenvalue weighted by atomic mass is 16.3. The molecular formula is C20H25N3O3. The third kappa shape index (κ3) is 3.04. The standard InChI is InChI=1S/C20H25N3O3/c1-13-11-17(14(2)23(13)15-7-8-15)20(25)22-9-3-6-18(22)19(24)21-12-16-5-4-10-26-16/h4-5,10-11,15,18H,3,6-9,12H2,1-2H3,(H,21,24)/t18-/m0/s1. The van der Waals surface area contributed by atoms with Gasteiger partial charge in [-0.15, -0.1) is 0 Å². The van der Waals surface area contributed by atoms with E-state index in [4.69, 9.17) is 4.42 Å². The zero-order valence-electron chi connectivity index (χ0n) is 15.3. The molecule has 2 aromatic rings. The molecule has 4 rings (SSSR count). The lowest BCUT2D eigenvalue weighted by Crippen LogP contribution is -2.45. The molecule has 1 saturated carbocycles. The molecule has 6 nitrogen and oxygen atoms in total. The number of amides is 2. The van der Waals surface area contributed by atoms with E-state index in [0.717, 1.165) is 23.4 Å². The van der Waals surface area contributed by atoms with Gasteiger partial charge in [-0.1, -0.05) is 0 Å². The SMILES string of the molecule is Cc1cc(C(=O)N2CCC[C@H]2C(=O)NCc2ccco2)c(C)n1C1CC1. The Balaban J connectivity index is 1.48. The van der Waals surface area contributed by atoms with Gasteiger partial charge in [0.05, 0.1) is 18.4 Å². The Hall–Kier alpha value is -2.50. The molecule has 1 aliphatic carbocycles. The monoisotopic (exact) mass is 355 g/mol. The van der Waals surface area contributed by atoms with Crippen molar-refractivity contribution >= 4 is 11.8 Å². The molecule has 2 aromatic heterocycles. The Kier molecular flexibility index (Phi) is 4.34. The summed E-state index contributed by atoms with van der Waals surface area (Å²) in [5.41, 5.74) is 2.89. The van der Waals surface area contributed by atoms with E-state index in [-0.39, 0.29) is 11.8 Å². The topological polar surface area (TPSA) is 67.5 Å². The summed E-state index contributed by atoms with van der Waals surface area (Å²) < 4.78 is 7.53. The van der Waals surface area contributed by atoms with Crippen LogP contribution >= 0.6 is 0 Å². The molecule has 6 heteroatoms. The third-order valence-corrected chi connectivity index (χ3v) is 5.46. The van der Waals surface area contributed by atoms with Crippen LogP contribution in [0.1, 0.15) is 59.2 Å². The number of aryl methyl sites for hydroxylation is 1. The molecule has 2 aliphatic rings. The maximum atomic E-state index is 13.1. The number of aromatic nitrogens is 1. The molecule has 0 bridgehead atoms. The highest BCUT2D eigenvalue weighted by molar-refractivity contribution is 5.99. The van der Waals surface area contributed by atoms with Gasteiger partial charge in [0.15, 0.2) is 0 Å². The molecule has 2 amide bonds. The number of hydrogen-bond acceptors (Lipinski definition) is 3. The largest absolute Gasteiger partial charge is 0.467 e. The van der Waals surface area contributed by atoms with Crippen molar-refractivity contribution in [3.05, 3.63) is 47.2 Å². The van der Waals surface area contributed by atoms with Crippen molar-refractivity contribution < 1.29 is 14.0 Å². The van der Waals surface area contributed by atoms with Crippen LogP contribution in [0.4, 0.5) is 0 Å². The van der Waals surface area contributed by atoms with Gasteiger partial charge in [0.2, 0.25) is 5.91 Å². The van der Waals surface area contributed by atoms with Crippen molar-refractivity contribution in [2.75, 3.05) is 6.54 Å². The maximum absolute atomic E-state index is 13.1. The molecule has 1 saturated heterocycles. The van der Waals surface area contributed by atoms with Crippen LogP contribution in [-0.2, 0) is 11.3 Å². The quantitative estimate of drug-likeness (QED) is 0.897. The number of furan rings is 1. The predicted octanol–water partition coefficient (Wildman–Crippen LogP) is 2.95. The number of likely N-dealkylation sites (tertiary alicyclic amines) is 1. The van der Waals surface area contributed by atoms with Crippen LogP contribution in [-0.4, -0.2) is 33.9 Å². The summed E-state index contributed by atoms with van der Waals surface area (Å²) in [6.07, 6.45) is 5.52. The smallest absolute Gasteiger partial charge is 0.256 e. The van der Waals surface area contributed by atoms with Crippen LogP contribution in [0.15, 0.2) is 28.9 Å². The lowest BCUT2D eigenvalue weighted by molar-refractivity contribution is -0.125. The number of carbonyl (C=O) groups is 2. The van der Waals surface area contributed by atoms with Crippen LogP contribution in [0, 0.1) is 13.8 Å². The van der Waals surface area contributed by atoms with Crippen molar-refractivity contribution in [3.63, 3.8) is 0 Å². The van der Waals surface area contributed by atoms with Gasteiger partial charge in [0.1, 0.15) is 11.8 Å². The normalized spacial score (nSPS) is 19.8. The van der Waals surface area contributed by atoms with E-state index in [1.54, 1.807) is 17.2 Å². The lowest BCUT2D eigenvalue weighted by Gasteiger charge is -2.24. The fourth-order valence-electron chi connectivity index (χ4n) is 4.03. The van der Waals surface area contributed by atoms with Gasteiger partial charge in [-0.3, -0.25) is 9.59 Å². The number of carbonyl (C=O) groups excluding carboxylic acids is 2. The van der Waals surface area contributed by atoms with E-state index < -0.39 is 6.04 Å². The lowest BCUT2D eigenvalue weighted by atomic mass is 10.1. The number of hydrogen-bond donors (Lipinski definition) is 1. The van der Waals surface area contributed by atoms with Crippen molar-refractivity contribution in [2.24, 2.45) is 0 Å². The second kappa shape index (κ2) is 6.67. The maximum Gasteiger partial charge on any atom is 0.256 e. The van der Waals surface area contributed by atoms with Gasteiger partial charge in [-0.05, 0) is 57.7 Å². The Morgan fingerprint density at radius 1 is 1.27 bits per heavy atom. The second-order valence-electron chi connectivity index (χ2n) is 7.34. The average Bonchev–Trinajstić information content (AvgIpc) is 3.04. The number of nitrogens with one attached hydrogen (secondary N) is 1. The van der Waals surface area contributed by atoms with Crippen LogP contribution in [0.2, 0.25) is 0 Å². The molecule has 1 atom stereocenters. The summed E-state index contributed by atoms with van der Waals surface area (Å²) in [4.78, 5) is 27.5. The first-order valence-corrected chi connectivity index (χ1v) is 9.35. The Bertz CT molecular complexity index is 818. The van der Waals surface area contributed by atoms with Crippen molar-refractivity contribution in [2.45, 2.75) is 58.2 Å². The van der Waals surface area contributed by atoms with E-state index in [1.807, 2.05) is 19.1 Å². The molecule has 26 heavy (non-hydrogen) atoms. The first-order chi connectivity index (χ1) is 12.6. The fourth-order valence-corrected chi connectivity index (χ4v) is 4.03. The summed E-state index contributed by atoms with van der Waals surface area (Å²) >= 11 is 0. The van der Waals surface area contributed by atoms with E-state index >= 15 is 0 Å². The summed E-state index contributed by atoms with van der Waals surface area (Å²) in [5, 5.41) is 2.89. The Morgan fingerprint density at radius 2 is 2.08 bits per heavy atom. The number of rotatable bonds is 5. The molecule has 2 fully saturated rings. The molecule has 3 heterocycles. The van der Waals surface area contributed by atoms with Gasteiger partial charge >= 0.3 is 0 Å². The summed E-state index contributed by atoms with van der Waals surface area (Å²) in [7, 11) is 0. The zero-order chi connectivity index (χ0) is 18.3. The minimum absolute atomic E-state index is 0.0272. The van der Waals surface area contributed by atoms with Crippen molar-refractivity contribution in [1.29, 1.82) is 0 Å². The van der Waals surface area contributed by atoms with Gasteiger partial charge in [0, 0.05) is 24.0 Å². The first-order valence-electron chi connectivity index (χ1n) is 9.35. The molecule has 0 aromatic carbocycles. The first kappa shape index (κ1) is 16.9. The predicted molar refractivity (Wildman–Crippen MR) is 96.8 cm³/mol. The Morgan fingerprint density at radius 3 is 2.77 bits per heavy atom. The van der Waals surface area contributed by atoms with Crippen LogP contribution in [0.3, 0.4) is 0 Å². The van der Waals surface area contributed by atoms with Crippen molar-refractivity contribution in [3.8, 4) is 0 Å². The zero-order valence-corrected chi connectivity index (χ0v) is 15.3. The Labute approximate surface area is 153 Å². The van der Waals surface area contributed by atoms with Crippen molar-refractivity contribution in [1.82, 2.24) is 14.8 Å². The van der Waals surface area contributed by atoms with E-state index in [9.17, 15) is 9.59 Å². The average molecular weight is 355 g/mol.